The molecule has 1 aliphatic rings. The van der Waals surface area contributed by atoms with Crippen LogP contribution in [0.25, 0.3) is 0 Å². The van der Waals surface area contributed by atoms with Gasteiger partial charge in [0.15, 0.2) is 0 Å². The first kappa shape index (κ1) is 11.4. The van der Waals surface area contributed by atoms with E-state index >= 15 is 0 Å². The van der Waals surface area contributed by atoms with Crippen molar-refractivity contribution >= 4 is 5.91 Å². The average Bonchev–Trinajstić information content (AvgIpc) is 2.10. The highest BCUT2D eigenvalue weighted by molar-refractivity contribution is 5.73. The van der Waals surface area contributed by atoms with E-state index in [9.17, 15) is 9.90 Å². The number of nitrogens with one attached hydrogen (secondary N) is 1. The van der Waals surface area contributed by atoms with Gasteiger partial charge in [0, 0.05) is 19.9 Å². The molecule has 1 aliphatic heterocycles. The molecule has 4 atom stereocenters. The van der Waals surface area contributed by atoms with E-state index in [2.05, 4.69) is 5.32 Å². The number of ether oxygens (including phenoxy) is 1. The van der Waals surface area contributed by atoms with Crippen molar-refractivity contribution in [1.82, 2.24) is 5.32 Å². The normalized spacial score (nSPS) is 38.0. The number of nitrogens with two attached hydrogens (primary N) is 1. The summed E-state index contributed by atoms with van der Waals surface area (Å²) in [7, 11) is 0. The standard InChI is InChI=1S/C9H18N2O3/c1-5-9(11-6(2)12)8(13)3-7(4-10)14-5/h5,7-9,13H,3-4,10H2,1-2H3,(H,11,12). The Morgan fingerprint density at radius 1 is 1.71 bits per heavy atom. The molecule has 0 aliphatic carbocycles. The molecule has 5 nitrogen and oxygen atoms in total. The summed E-state index contributed by atoms with van der Waals surface area (Å²) in [5.41, 5.74) is 5.45. The lowest BCUT2D eigenvalue weighted by atomic mass is 9.96. The smallest absolute Gasteiger partial charge is 0.217 e. The van der Waals surface area contributed by atoms with Crippen LogP contribution in [0.1, 0.15) is 20.3 Å². The number of carbonyl (C=O) groups excluding carboxylic acids is 1. The van der Waals surface area contributed by atoms with Gasteiger partial charge in [-0.05, 0) is 6.92 Å². The van der Waals surface area contributed by atoms with Gasteiger partial charge in [-0.1, -0.05) is 0 Å². The molecule has 0 spiro atoms. The molecule has 0 saturated carbocycles. The Morgan fingerprint density at radius 3 is 2.79 bits per heavy atom. The van der Waals surface area contributed by atoms with Crippen LogP contribution in [-0.4, -0.2) is 41.9 Å². The molecule has 1 saturated heterocycles. The number of hydrogen-bond donors (Lipinski definition) is 3. The molecule has 4 N–H and O–H groups in total. The second-order valence-corrected chi connectivity index (χ2v) is 3.73. The van der Waals surface area contributed by atoms with Gasteiger partial charge < -0.3 is 20.9 Å². The van der Waals surface area contributed by atoms with E-state index in [4.69, 9.17) is 10.5 Å². The van der Waals surface area contributed by atoms with Crippen LogP contribution in [0, 0.1) is 0 Å². The summed E-state index contributed by atoms with van der Waals surface area (Å²) in [5, 5.41) is 12.4. The van der Waals surface area contributed by atoms with Crippen molar-refractivity contribution in [2.24, 2.45) is 5.73 Å². The minimum absolute atomic E-state index is 0.106. The van der Waals surface area contributed by atoms with Crippen molar-refractivity contribution in [2.75, 3.05) is 6.54 Å². The lowest BCUT2D eigenvalue weighted by Gasteiger charge is -2.38. The summed E-state index contributed by atoms with van der Waals surface area (Å²) in [6.07, 6.45) is -0.399. The number of aliphatic hydroxyl groups excluding tert-OH is 1. The Kier molecular flexibility index (Phi) is 3.86. The van der Waals surface area contributed by atoms with E-state index in [-0.39, 0.29) is 24.2 Å². The van der Waals surface area contributed by atoms with Crippen LogP contribution < -0.4 is 11.1 Å². The number of hydrogen-bond acceptors (Lipinski definition) is 4. The van der Waals surface area contributed by atoms with Gasteiger partial charge in [0.25, 0.3) is 0 Å². The third-order valence-corrected chi connectivity index (χ3v) is 2.46. The first-order valence-electron chi connectivity index (χ1n) is 4.85. The third kappa shape index (κ3) is 2.67. The van der Waals surface area contributed by atoms with Crippen LogP contribution in [-0.2, 0) is 9.53 Å². The number of carbonyl (C=O) groups is 1. The number of aliphatic hydroxyl groups is 1. The molecule has 5 heteroatoms. The zero-order valence-corrected chi connectivity index (χ0v) is 8.56. The van der Waals surface area contributed by atoms with Gasteiger partial charge in [-0.3, -0.25) is 4.79 Å². The summed E-state index contributed by atoms with van der Waals surface area (Å²) in [6.45, 7) is 3.65. The Balaban J connectivity index is 2.55. The fourth-order valence-corrected chi connectivity index (χ4v) is 1.77. The van der Waals surface area contributed by atoms with E-state index < -0.39 is 6.10 Å². The molecule has 4 unspecified atom stereocenters. The van der Waals surface area contributed by atoms with Crippen molar-refractivity contribution in [1.29, 1.82) is 0 Å². The van der Waals surface area contributed by atoms with E-state index in [1.54, 1.807) is 0 Å². The van der Waals surface area contributed by atoms with Gasteiger partial charge >= 0.3 is 0 Å². The Bertz CT molecular complexity index is 198. The molecular weight excluding hydrogens is 184 g/mol. The highest BCUT2D eigenvalue weighted by Gasteiger charge is 2.35. The maximum absolute atomic E-state index is 10.9. The van der Waals surface area contributed by atoms with Crippen LogP contribution in [0.15, 0.2) is 0 Å². The molecule has 1 rings (SSSR count). The van der Waals surface area contributed by atoms with Crippen LogP contribution in [0.3, 0.4) is 0 Å². The molecule has 82 valence electrons. The maximum atomic E-state index is 10.9. The average molecular weight is 202 g/mol. The van der Waals surface area contributed by atoms with E-state index in [0.29, 0.717) is 13.0 Å². The first-order valence-corrected chi connectivity index (χ1v) is 4.85. The minimum Gasteiger partial charge on any atom is -0.391 e. The van der Waals surface area contributed by atoms with E-state index in [0.717, 1.165) is 0 Å². The Hall–Kier alpha value is -0.650. The monoisotopic (exact) mass is 202 g/mol. The topological polar surface area (TPSA) is 84.6 Å². The fourth-order valence-electron chi connectivity index (χ4n) is 1.77. The fraction of sp³-hybridized carbons (Fsp3) is 0.889. The molecule has 0 radical (unpaired) electrons. The number of amides is 1. The molecule has 14 heavy (non-hydrogen) atoms. The highest BCUT2D eigenvalue weighted by Crippen LogP contribution is 2.19. The van der Waals surface area contributed by atoms with Gasteiger partial charge in [-0.15, -0.1) is 0 Å². The minimum atomic E-state index is -0.573. The summed E-state index contributed by atoms with van der Waals surface area (Å²) in [6, 6.07) is -0.324. The van der Waals surface area contributed by atoms with Gasteiger partial charge in [0.1, 0.15) is 0 Å². The summed E-state index contributed by atoms with van der Waals surface area (Å²) < 4.78 is 5.52. The van der Waals surface area contributed by atoms with Crippen LogP contribution in [0.5, 0.6) is 0 Å². The molecule has 0 aromatic carbocycles. The summed E-state index contributed by atoms with van der Waals surface area (Å²) in [5.74, 6) is -0.157. The summed E-state index contributed by atoms with van der Waals surface area (Å²) >= 11 is 0. The van der Waals surface area contributed by atoms with E-state index in [1.807, 2.05) is 6.92 Å². The zero-order chi connectivity index (χ0) is 10.7. The molecule has 0 aromatic rings. The SMILES string of the molecule is CC(=O)NC1C(O)CC(CN)OC1C. The second-order valence-electron chi connectivity index (χ2n) is 3.73. The van der Waals surface area contributed by atoms with Gasteiger partial charge in [-0.2, -0.15) is 0 Å². The predicted octanol–water partition coefficient (Wildman–Crippen LogP) is -1.01. The van der Waals surface area contributed by atoms with Crippen LogP contribution in [0.4, 0.5) is 0 Å². The van der Waals surface area contributed by atoms with Crippen molar-refractivity contribution in [3.8, 4) is 0 Å². The molecular formula is C9H18N2O3. The van der Waals surface area contributed by atoms with Crippen LogP contribution >= 0.6 is 0 Å². The third-order valence-electron chi connectivity index (χ3n) is 2.46. The largest absolute Gasteiger partial charge is 0.391 e. The predicted molar refractivity (Wildman–Crippen MR) is 51.6 cm³/mol. The molecule has 1 amide bonds. The molecule has 0 aromatic heterocycles. The van der Waals surface area contributed by atoms with Crippen molar-refractivity contribution in [3.63, 3.8) is 0 Å². The molecule has 1 fully saturated rings. The Morgan fingerprint density at radius 2 is 2.36 bits per heavy atom. The maximum Gasteiger partial charge on any atom is 0.217 e. The Labute approximate surface area is 83.6 Å². The van der Waals surface area contributed by atoms with Crippen molar-refractivity contribution < 1.29 is 14.6 Å². The molecule has 0 bridgehead atoms. The van der Waals surface area contributed by atoms with Crippen molar-refractivity contribution in [3.05, 3.63) is 0 Å². The summed E-state index contributed by atoms with van der Waals surface area (Å²) in [4.78, 5) is 10.9. The lowest BCUT2D eigenvalue weighted by Crippen LogP contribution is -2.56. The highest BCUT2D eigenvalue weighted by atomic mass is 16.5. The van der Waals surface area contributed by atoms with Crippen LogP contribution in [0.2, 0.25) is 0 Å². The second kappa shape index (κ2) is 4.72. The molecule has 1 heterocycles. The zero-order valence-electron chi connectivity index (χ0n) is 8.56. The van der Waals surface area contributed by atoms with Gasteiger partial charge in [0.05, 0.1) is 24.4 Å². The van der Waals surface area contributed by atoms with Gasteiger partial charge in [-0.25, -0.2) is 0 Å². The first-order chi connectivity index (χ1) is 6.54. The quantitative estimate of drug-likeness (QED) is 0.535. The van der Waals surface area contributed by atoms with E-state index in [1.165, 1.54) is 6.92 Å². The van der Waals surface area contributed by atoms with Gasteiger partial charge in [0.2, 0.25) is 5.91 Å². The lowest BCUT2D eigenvalue weighted by molar-refractivity contribution is -0.131. The number of rotatable bonds is 2. The van der Waals surface area contributed by atoms with Crippen molar-refractivity contribution in [2.45, 2.75) is 44.6 Å².